The van der Waals surface area contributed by atoms with Gasteiger partial charge in [-0.25, -0.2) is 4.68 Å². The Kier molecular flexibility index (Phi) is 4.49. The number of aromatic nitrogens is 2. The molecule has 4 rings (SSSR count). The molecule has 0 saturated heterocycles. The molecule has 0 fully saturated rings. The molecule has 2 aromatic carbocycles. The number of benzene rings is 2. The van der Waals surface area contributed by atoms with Crippen molar-refractivity contribution < 1.29 is 4.79 Å². The molecule has 4 aromatic rings. The Balaban J connectivity index is 1.66. The Bertz CT molecular complexity index is 1190. The van der Waals surface area contributed by atoms with Gasteiger partial charge in [-0.2, -0.15) is 5.10 Å². The van der Waals surface area contributed by atoms with E-state index in [1.807, 2.05) is 68.4 Å². The van der Waals surface area contributed by atoms with Crippen LogP contribution in [0.15, 0.2) is 59.4 Å². The molecule has 1 amide bonds. The molecule has 6 heteroatoms. The third-order valence-electron chi connectivity index (χ3n) is 4.61. The zero-order valence-corrected chi connectivity index (χ0v) is 15.9. The van der Waals surface area contributed by atoms with Crippen molar-refractivity contribution in [3.05, 3.63) is 76.2 Å². The van der Waals surface area contributed by atoms with E-state index in [2.05, 4.69) is 10.4 Å². The normalized spacial score (nSPS) is 12.4. The van der Waals surface area contributed by atoms with Crippen molar-refractivity contribution in [1.82, 2.24) is 15.1 Å². The highest BCUT2D eigenvalue weighted by Crippen LogP contribution is 2.32. The summed E-state index contributed by atoms with van der Waals surface area (Å²) in [7, 11) is 0. The summed E-state index contributed by atoms with van der Waals surface area (Å²) in [6.45, 7) is 3.69. The van der Waals surface area contributed by atoms with Gasteiger partial charge in [-0.3, -0.25) is 9.59 Å². The molecule has 27 heavy (non-hydrogen) atoms. The smallest absolute Gasteiger partial charge is 0.276 e. The van der Waals surface area contributed by atoms with Gasteiger partial charge in [0, 0.05) is 10.1 Å². The third-order valence-corrected chi connectivity index (χ3v) is 5.89. The molecule has 0 aliphatic carbocycles. The number of hydrogen-bond donors (Lipinski definition) is 1. The SMILES string of the molecule is Cc1nn(CC(=O)NC(C)c2ccccc2)c(=O)c2c1sc1ccccc12. The number of carbonyl (C=O) groups is 1. The van der Waals surface area contributed by atoms with Crippen molar-refractivity contribution in [3.63, 3.8) is 0 Å². The van der Waals surface area contributed by atoms with Crippen molar-refractivity contribution in [2.45, 2.75) is 26.4 Å². The predicted octanol–water partition coefficient (Wildman–Crippen LogP) is 3.80. The molecular formula is C21H19N3O2S. The number of hydrogen-bond acceptors (Lipinski definition) is 4. The van der Waals surface area contributed by atoms with E-state index in [4.69, 9.17) is 0 Å². The molecule has 136 valence electrons. The lowest BCUT2D eigenvalue weighted by molar-refractivity contribution is -0.122. The average Bonchev–Trinajstić information content (AvgIpc) is 3.07. The number of aryl methyl sites for hydroxylation is 1. The van der Waals surface area contributed by atoms with Crippen LogP contribution in [0.1, 0.15) is 24.2 Å². The lowest BCUT2D eigenvalue weighted by Gasteiger charge is -2.14. The lowest BCUT2D eigenvalue weighted by atomic mass is 10.1. The predicted molar refractivity (Wildman–Crippen MR) is 109 cm³/mol. The Labute approximate surface area is 160 Å². The van der Waals surface area contributed by atoms with Gasteiger partial charge < -0.3 is 5.32 Å². The first kappa shape index (κ1) is 17.4. The van der Waals surface area contributed by atoms with E-state index < -0.39 is 0 Å². The summed E-state index contributed by atoms with van der Waals surface area (Å²) < 4.78 is 3.20. The largest absolute Gasteiger partial charge is 0.348 e. The number of carbonyl (C=O) groups excluding carboxylic acids is 1. The summed E-state index contributed by atoms with van der Waals surface area (Å²) in [5, 5.41) is 8.87. The number of nitrogens with one attached hydrogen (secondary N) is 1. The lowest BCUT2D eigenvalue weighted by Crippen LogP contribution is -2.35. The topological polar surface area (TPSA) is 64.0 Å². The first-order valence-corrected chi connectivity index (χ1v) is 9.59. The highest BCUT2D eigenvalue weighted by atomic mass is 32.1. The van der Waals surface area contributed by atoms with Crippen molar-refractivity contribution >= 4 is 37.4 Å². The van der Waals surface area contributed by atoms with Gasteiger partial charge in [0.2, 0.25) is 5.91 Å². The molecule has 0 spiro atoms. The highest BCUT2D eigenvalue weighted by Gasteiger charge is 2.17. The Morgan fingerprint density at radius 3 is 2.63 bits per heavy atom. The van der Waals surface area contributed by atoms with Crippen LogP contribution in [-0.4, -0.2) is 15.7 Å². The van der Waals surface area contributed by atoms with Crippen LogP contribution in [-0.2, 0) is 11.3 Å². The van der Waals surface area contributed by atoms with Gasteiger partial charge in [0.05, 0.1) is 21.8 Å². The minimum atomic E-state index is -0.237. The van der Waals surface area contributed by atoms with Crippen LogP contribution >= 0.6 is 11.3 Å². The van der Waals surface area contributed by atoms with E-state index >= 15 is 0 Å². The molecule has 0 saturated carbocycles. The average molecular weight is 377 g/mol. The second kappa shape index (κ2) is 6.96. The van der Waals surface area contributed by atoms with Crippen LogP contribution in [0.5, 0.6) is 0 Å². The Morgan fingerprint density at radius 1 is 1.15 bits per heavy atom. The van der Waals surface area contributed by atoms with Crippen LogP contribution < -0.4 is 10.9 Å². The van der Waals surface area contributed by atoms with Crippen LogP contribution in [0.25, 0.3) is 20.2 Å². The number of nitrogens with zero attached hydrogens (tertiary/aromatic N) is 2. The maximum atomic E-state index is 13.0. The number of amides is 1. The van der Waals surface area contributed by atoms with E-state index in [1.165, 1.54) is 4.68 Å². The van der Waals surface area contributed by atoms with Crippen molar-refractivity contribution in [1.29, 1.82) is 0 Å². The van der Waals surface area contributed by atoms with Gasteiger partial charge in [-0.05, 0) is 25.5 Å². The van der Waals surface area contributed by atoms with E-state index in [1.54, 1.807) is 11.3 Å². The Hall–Kier alpha value is -2.99. The number of thiophene rings is 1. The van der Waals surface area contributed by atoms with Crippen LogP contribution in [0.2, 0.25) is 0 Å². The molecule has 0 aliphatic rings. The van der Waals surface area contributed by atoms with E-state index in [9.17, 15) is 9.59 Å². The van der Waals surface area contributed by atoms with Crippen LogP contribution in [0.4, 0.5) is 0 Å². The Morgan fingerprint density at radius 2 is 1.85 bits per heavy atom. The summed E-state index contributed by atoms with van der Waals surface area (Å²) in [5.41, 5.74) is 1.55. The fraction of sp³-hybridized carbons (Fsp3) is 0.190. The van der Waals surface area contributed by atoms with Crippen molar-refractivity contribution in [2.75, 3.05) is 0 Å². The standard InChI is InChI=1S/C21H19N3O2S/c1-13(15-8-4-3-5-9-15)22-18(25)12-24-21(26)19-16-10-6-7-11-17(16)27-20(19)14(2)23-24/h3-11,13H,12H2,1-2H3,(H,22,25). The fourth-order valence-corrected chi connectivity index (χ4v) is 4.40. The molecule has 2 heterocycles. The van der Waals surface area contributed by atoms with Gasteiger partial charge in [0.1, 0.15) is 6.54 Å². The van der Waals surface area contributed by atoms with Gasteiger partial charge in [0.15, 0.2) is 0 Å². The van der Waals surface area contributed by atoms with Gasteiger partial charge >= 0.3 is 0 Å². The summed E-state index contributed by atoms with van der Waals surface area (Å²) in [6.07, 6.45) is 0. The first-order chi connectivity index (χ1) is 13.0. The molecule has 0 radical (unpaired) electrons. The molecular weight excluding hydrogens is 358 g/mol. The van der Waals surface area contributed by atoms with E-state index in [-0.39, 0.29) is 24.1 Å². The van der Waals surface area contributed by atoms with Gasteiger partial charge in [-0.1, -0.05) is 48.5 Å². The molecule has 1 unspecified atom stereocenters. The van der Waals surface area contributed by atoms with Crippen molar-refractivity contribution in [3.8, 4) is 0 Å². The molecule has 5 nitrogen and oxygen atoms in total. The maximum absolute atomic E-state index is 13.0. The zero-order chi connectivity index (χ0) is 19.0. The van der Waals surface area contributed by atoms with Gasteiger partial charge in [0.25, 0.3) is 5.56 Å². The first-order valence-electron chi connectivity index (χ1n) is 8.78. The van der Waals surface area contributed by atoms with Crippen LogP contribution in [0.3, 0.4) is 0 Å². The molecule has 1 N–H and O–H groups in total. The monoisotopic (exact) mass is 377 g/mol. The molecule has 2 aromatic heterocycles. The van der Waals surface area contributed by atoms with E-state index in [0.717, 1.165) is 26.0 Å². The second-order valence-corrected chi connectivity index (χ2v) is 7.60. The quantitative estimate of drug-likeness (QED) is 0.588. The molecule has 0 bridgehead atoms. The minimum Gasteiger partial charge on any atom is -0.348 e. The number of rotatable bonds is 4. The summed E-state index contributed by atoms with van der Waals surface area (Å²) >= 11 is 1.56. The zero-order valence-electron chi connectivity index (χ0n) is 15.1. The highest BCUT2D eigenvalue weighted by molar-refractivity contribution is 7.26. The fourth-order valence-electron chi connectivity index (χ4n) is 3.27. The summed E-state index contributed by atoms with van der Waals surface area (Å²) in [6, 6.07) is 17.4. The summed E-state index contributed by atoms with van der Waals surface area (Å²) in [4.78, 5) is 25.5. The van der Waals surface area contributed by atoms with Crippen molar-refractivity contribution in [2.24, 2.45) is 0 Å². The van der Waals surface area contributed by atoms with Crippen LogP contribution in [0, 0.1) is 6.92 Å². The van der Waals surface area contributed by atoms with E-state index in [0.29, 0.717) is 5.39 Å². The third kappa shape index (κ3) is 3.24. The molecule has 0 aliphatic heterocycles. The minimum absolute atomic E-state index is 0.100. The van der Waals surface area contributed by atoms with Gasteiger partial charge in [-0.15, -0.1) is 11.3 Å². The second-order valence-electron chi connectivity index (χ2n) is 6.55. The maximum Gasteiger partial charge on any atom is 0.276 e. The molecule has 1 atom stereocenters. The number of fused-ring (bicyclic) bond motifs is 3. The summed E-state index contributed by atoms with van der Waals surface area (Å²) in [5.74, 6) is -0.237.